The van der Waals surface area contributed by atoms with Gasteiger partial charge >= 0.3 is 11.8 Å². The van der Waals surface area contributed by atoms with Crippen LogP contribution in [0.5, 0.6) is 5.75 Å². The standard InChI is InChI=1S/C24H24F3N3O3/c1-33-19-15-9-8-14-18(19)21(31)29-23(24(25,26)27)22(32)30(17-12-6-3-7-13-17)20(28-23)16-10-4-2-5-11-16/h2,4-5,8-11,14-15,17H,3,6-7,12-13H2,1H3,(H,29,31)/t23-/m0/s1. The van der Waals surface area contributed by atoms with Crippen molar-refractivity contribution in [2.75, 3.05) is 7.11 Å². The summed E-state index contributed by atoms with van der Waals surface area (Å²) in [5, 5.41) is 1.92. The smallest absolute Gasteiger partial charge is 0.442 e. The highest BCUT2D eigenvalue weighted by Gasteiger charge is 2.68. The van der Waals surface area contributed by atoms with Gasteiger partial charge in [-0.3, -0.25) is 14.5 Å². The third-order valence-corrected chi connectivity index (χ3v) is 6.06. The molecule has 0 bridgehead atoms. The van der Waals surface area contributed by atoms with Crippen LogP contribution in [0.2, 0.25) is 0 Å². The molecule has 0 saturated heterocycles. The molecule has 174 valence electrons. The normalized spacial score (nSPS) is 21.6. The first-order chi connectivity index (χ1) is 15.8. The van der Waals surface area contributed by atoms with Gasteiger partial charge in [0, 0.05) is 11.6 Å². The van der Waals surface area contributed by atoms with Gasteiger partial charge < -0.3 is 10.1 Å². The van der Waals surface area contributed by atoms with Gasteiger partial charge in [-0.05, 0) is 25.0 Å². The van der Waals surface area contributed by atoms with Gasteiger partial charge in [-0.15, -0.1) is 0 Å². The van der Waals surface area contributed by atoms with Crippen molar-refractivity contribution >= 4 is 17.6 Å². The van der Waals surface area contributed by atoms with E-state index >= 15 is 0 Å². The van der Waals surface area contributed by atoms with Gasteiger partial charge in [0.05, 0.1) is 12.7 Å². The number of amides is 2. The maximum atomic E-state index is 14.6. The summed E-state index contributed by atoms with van der Waals surface area (Å²) in [6.45, 7) is 0. The van der Waals surface area contributed by atoms with Gasteiger partial charge in [-0.1, -0.05) is 61.7 Å². The lowest BCUT2D eigenvalue weighted by Gasteiger charge is -2.34. The summed E-state index contributed by atoms with van der Waals surface area (Å²) >= 11 is 0. The minimum absolute atomic E-state index is 0.0786. The molecule has 1 heterocycles. The van der Waals surface area contributed by atoms with E-state index in [0.717, 1.165) is 24.2 Å². The molecule has 6 nitrogen and oxygen atoms in total. The van der Waals surface area contributed by atoms with Gasteiger partial charge in [-0.2, -0.15) is 13.2 Å². The fraction of sp³-hybridized carbons (Fsp3) is 0.375. The quantitative estimate of drug-likeness (QED) is 0.725. The second-order valence-corrected chi connectivity index (χ2v) is 8.13. The molecule has 1 N–H and O–H groups in total. The molecule has 2 aliphatic rings. The first-order valence-corrected chi connectivity index (χ1v) is 10.8. The van der Waals surface area contributed by atoms with Crippen LogP contribution >= 0.6 is 0 Å². The summed E-state index contributed by atoms with van der Waals surface area (Å²) < 4.78 is 48.8. The van der Waals surface area contributed by atoms with E-state index in [0.29, 0.717) is 18.4 Å². The van der Waals surface area contributed by atoms with Crippen molar-refractivity contribution in [3.63, 3.8) is 0 Å². The number of para-hydroxylation sites is 1. The van der Waals surface area contributed by atoms with Gasteiger partial charge in [0.1, 0.15) is 11.6 Å². The van der Waals surface area contributed by atoms with E-state index in [1.807, 2.05) is 5.32 Å². The van der Waals surface area contributed by atoms with Crippen LogP contribution < -0.4 is 10.1 Å². The number of halogens is 3. The Balaban J connectivity index is 1.81. The Hall–Kier alpha value is -3.36. The largest absolute Gasteiger partial charge is 0.496 e. The number of nitrogens with zero attached hydrogens (tertiary/aromatic N) is 2. The summed E-state index contributed by atoms with van der Waals surface area (Å²) in [6, 6.07) is 13.7. The lowest BCUT2D eigenvalue weighted by atomic mass is 9.93. The number of aliphatic imine (C=N–C) groups is 1. The lowest BCUT2D eigenvalue weighted by molar-refractivity contribution is -0.197. The number of rotatable bonds is 5. The van der Waals surface area contributed by atoms with Gasteiger partial charge in [0.25, 0.3) is 11.8 Å². The van der Waals surface area contributed by atoms with Crippen molar-refractivity contribution in [3.05, 3.63) is 65.7 Å². The van der Waals surface area contributed by atoms with E-state index in [2.05, 4.69) is 4.99 Å². The molecule has 4 rings (SSSR count). The zero-order chi connectivity index (χ0) is 23.6. The number of hydrogen-bond donors (Lipinski definition) is 1. The van der Waals surface area contributed by atoms with Crippen LogP contribution in [0.1, 0.15) is 48.0 Å². The van der Waals surface area contributed by atoms with E-state index < -0.39 is 29.7 Å². The van der Waals surface area contributed by atoms with Gasteiger partial charge in [0.15, 0.2) is 0 Å². The van der Waals surface area contributed by atoms with Crippen molar-refractivity contribution < 1.29 is 27.5 Å². The first kappa shape index (κ1) is 22.8. The van der Waals surface area contributed by atoms with Crippen molar-refractivity contribution in [2.24, 2.45) is 4.99 Å². The molecule has 0 aromatic heterocycles. The molecule has 0 unspecified atom stereocenters. The molecule has 9 heteroatoms. The number of carbonyl (C=O) groups is 2. The molecule has 1 aliphatic carbocycles. The third-order valence-electron chi connectivity index (χ3n) is 6.06. The van der Waals surface area contributed by atoms with Crippen LogP contribution in [0.3, 0.4) is 0 Å². The van der Waals surface area contributed by atoms with E-state index in [1.54, 1.807) is 36.4 Å². The number of nitrogens with one attached hydrogen (secondary N) is 1. The van der Waals surface area contributed by atoms with Gasteiger partial charge in [0.2, 0.25) is 0 Å². The van der Waals surface area contributed by atoms with E-state index in [1.165, 1.54) is 25.3 Å². The van der Waals surface area contributed by atoms with Crippen LogP contribution in [0, 0.1) is 0 Å². The number of carbonyl (C=O) groups excluding carboxylic acids is 2. The Labute approximate surface area is 189 Å². The fourth-order valence-electron chi connectivity index (χ4n) is 4.40. The van der Waals surface area contributed by atoms with Crippen LogP contribution in [0.25, 0.3) is 0 Å². The Morgan fingerprint density at radius 2 is 1.70 bits per heavy atom. The fourth-order valence-corrected chi connectivity index (χ4v) is 4.40. The number of hydrogen-bond acceptors (Lipinski definition) is 4. The second-order valence-electron chi connectivity index (χ2n) is 8.13. The van der Waals surface area contributed by atoms with Crippen molar-refractivity contribution in [1.82, 2.24) is 10.2 Å². The molecule has 33 heavy (non-hydrogen) atoms. The molecule has 1 saturated carbocycles. The number of amidine groups is 1. The number of ether oxygens (including phenoxy) is 1. The highest BCUT2D eigenvalue weighted by Crippen LogP contribution is 2.41. The zero-order valence-corrected chi connectivity index (χ0v) is 18.1. The van der Waals surface area contributed by atoms with Crippen LogP contribution in [-0.4, -0.2) is 47.5 Å². The Morgan fingerprint density at radius 1 is 1.06 bits per heavy atom. The number of alkyl halides is 3. The summed E-state index contributed by atoms with van der Waals surface area (Å²) in [5.74, 6) is -2.37. The van der Waals surface area contributed by atoms with Crippen molar-refractivity contribution in [2.45, 2.75) is 50.0 Å². The van der Waals surface area contributed by atoms with Crippen molar-refractivity contribution in [1.29, 1.82) is 0 Å². The third kappa shape index (κ3) is 4.07. The van der Waals surface area contributed by atoms with E-state index in [9.17, 15) is 22.8 Å². The van der Waals surface area contributed by atoms with Crippen LogP contribution in [-0.2, 0) is 4.79 Å². The molecule has 1 atom stereocenters. The predicted molar refractivity (Wildman–Crippen MR) is 116 cm³/mol. The lowest BCUT2D eigenvalue weighted by Crippen LogP contribution is -2.64. The SMILES string of the molecule is COc1ccccc1C(=O)N[C@@]1(C(F)(F)F)N=C(c2ccccc2)N(C2CCCCC2)C1=O. The maximum absolute atomic E-state index is 14.6. The Bertz CT molecular complexity index is 1070. The second kappa shape index (κ2) is 8.88. The molecule has 2 aromatic carbocycles. The monoisotopic (exact) mass is 459 g/mol. The average molecular weight is 459 g/mol. The molecule has 1 fully saturated rings. The minimum atomic E-state index is -5.16. The van der Waals surface area contributed by atoms with E-state index in [4.69, 9.17) is 4.74 Å². The van der Waals surface area contributed by atoms with Crippen molar-refractivity contribution in [3.8, 4) is 5.75 Å². The highest BCUT2D eigenvalue weighted by molar-refractivity contribution is 6.17. The highest BCUT2D eigenvalue weighted by atomic mass is 19.4. The summed E-state index contributed by atoms with van der Waals surface area (Å²) in [7, 11) is 1.31. The number of methoxy groups -OCH3 is 1. The topological polar surface area (TPSA) is 71.0 Å². The summed E-state index contributed by atoms with van der Waals surface area (Å²) in [4.78, 5) is 31.6. The van der Waals surface area contributed by atoms with Crippen LogP contribution in [0.15, 0.2) is 59.6 Å². The molecule has 0 radical (unpaired) electrons. The van der Waals surface area contributed by atoms with E-state index in [-0.39, 0.29) is 17.1 Å². The molecular weight excluding hydrogens is 435 g/mol. The minimum Gasteiger partial charge on any atom is -0.496 e. The predicted octanol–water partition coefficient (Wildman–Crippen LogP) is 4.31. The Morgan fingerprint density at radius 3 is 2.33 bits per heavy atom. The zero-order valence-electron chi connectivity index (χ0n) is 18.1. The Kier molecular flexibility index (Phi) is 6.14. The molecule has 2 amide bonds. The summed E-state index contributed by atoms with van der Waals surface area (Å²) in [5.41, 5.74) is -3.16. The molecule has 2 aromatic rings. The van der Waals surface area contributed by atoms with Crippen LogP contribution in [0.4, 0.5) is 13.2 Å². The van der Waals surface area contributed by atoms with Gasteiger partial charge in [-0.25, -0.2) is 4.99 Å². The first-order valence-electron chi connectivity index (χ1n) is 10.8. The molecule has 0 spiro atoms. The number of benzene rings is 2. The molecular formula is C24H24F3N3O3. The average Bonchev–Trinajstić information content (AvgIpc) is 3.13. The maximum Gasteiger partial charge on any atom is 0.442 e. The summed E-state index contributed by atoms with van der Waals surface area (Å²) in [6.07, 6.45) is -1.43. The molecule has 1 aliphatic heterocycles.